The van der Waals surface area contributed by atoms with Gasteiger partial charge in [-0.15, -0.1) is 0 Å². The third-order valence-corrected chi connectivity index (χ3v) is 12.4. The molecule has 0 spiro atoms. The van der Waals surface area contributed by atoms with Gasteiger partial charge in [0.25, 0.3) is 0 Å². The van der Waals surface area contributed by atoms with E-state index in [1.807, 2.05) is 24.3 Å². The molecule has 0 saturated carbocycles. The van der Waals surface area contributed by atoms with Crippen molar-refractivity contribution in [3.63, 3.8) is 0 Å². The number of hydrogen-bond acceptors (Lipinski definition) is 2. The van der Waals surface area contributed by atoms with Crippen LogP contribution in [-0.4, -0.2) is 20.5 Å². The van der Waals surface area contributed by atoms with Crippen LogP contribution in [0.2, 0.25) is 0 Å². The van der Waals surface area contributed by atoms with Crippen LogP contribution in [-0.2, 0) is 0 Å². The molecule has 0 radical (unpaired) electrons. The Balaban J connectivity index is 2.07. The minimum atomic E-state index is -3.08. The third-order valence-electron chi connectivity index (χ3n) is 4.73. The van der Waals surface area contributed by atoms with Crippen molar-refractivity contribution < 1.29 is 4.74 Å². The number of benzene rings is 4. The summed E-state index contributed by atoms with van der Waals surface area (Å²) in [6.07, 6.45) is 0. The van der Waals surface area contributed by atoms with E-state index in [2.05, 4.69) is 91.0 Å². The van der Waals surface area contributed by atoms with Crippen LogP contribution in [0, 0.1) is 0 Å². The Labute approximate surface area is 168 Å². The number of methoxy groups -OCH3 is 1. The van der Waals surface area contributed by atoms with Crippen LogP contribution >= 0.6 is 0 Å². The van der Waals surface area contributed by atoms with Gasteiger partial charge in [0.1, 0.15) is 0 Å². The van der Waals surface area contributed by atoms with Gasteiger partial charge in [-0.2, -0.15) is 0 Å². The van der Waals surface area contributed by atoms with Gasteiger partial charge in [0.05, 0.1) is 0 Å². The van der Waals surface area contributed by atoms with Crippen LogP contribution in [0.3, 0.4) is 0 Å². The fourth-order valence-corrected chi connectivity index (χ4v) is 10.8. The molecule has 2 nitrogen and oxygen atoms in total. The van der Waals surface area contributed by atoms with E-state index >= 15 is 0 Å². The molecule has 4 rings (SSSR count). The van der Waals surface area contributed by atoms with E-state index in [0.717, 1.165) is 11.4 Å². The molecular weight excluding hydrogens is 405 g/mol. The Hall–Kier alpha value is -2.96. The number of rotatable bonds is 5. The van der Waals surface area contributed by atoms with Crippen LogP contribution in [0.4, 0.5) is 5.69 Å². The summed E-state index contributed by atoms with van der Waals surface area (Å²) in [7, 11) is 1.69. The summed E-state index contributed by atoms with van der Waals surface area (Å²) in [4.78, 5) is 0. The summed E-state index contributed by atoms with van der Waals surface area (Å²) in [5, 5.41) is 0. The minimum absolute atomic E-state index is 0.842. The van der Waals surface area contributed by atoms with Crippen molar-refractivity contribution in [2.24, 2.45) is 3.86 Å². The molecule has 3 heteroatoms. The van der Waals surface area contributed by atoms with Gasteiger partial charge >= 0.3 is 169 Å². The molecule has 28 heavy (non-hydrogen) atoms. The average Bonchev–Trinajstić information content (AvgIpc) is 2.80. The van der Waals surface area contributed by atoms with E-state index in [1.54, 1.807) is 7.11 Å². The second-order valence-corrected chi connectivity index (χ2v) is 12.8. The molecule has 0 bridgehead atoms. The van der Waals surface area contributed by atoms with Crippen molar-refractivity contribution in [3.05, 3.63) is 115 Å². The zero-order valence-electron chi connectivity index (χ0n) is 15.8. The summed E-state index contributed by atoms with van der Waals surface area (Å²) in [5.41, 5.74) is 0.977. The first-order chi connectivity index (χ1) is 13.8. The maximum absolute atomic E-state index is 5.49. The van der Waals surface area contributed by atoms with Crippen LogP contribution in [0.15, 0.2) is 119 Å². The van der Waals surface area contributed by atoms with Crippen molar-refractivity contribution in [3.8, 4) is 5.75 Å². The molecule has 0 amide bonds. The molecule has 0 atom stereocenters. The maximum atomic E-state index is 5.49. The summed E-state index contributed by atoms with van der Waals surface area (Å²) in [6, 6.07) is 40.2. The van der Waals surface area contributed by atoms with Crippen molar-refractivity contribution in [2.75, 3.05) is 7.11 Å². The Morgan fingerprint density at radius 3 is 1.29 bits per heavy atom. The molecule has 4 aromatic carbocycles. The standard InChI is InChI=1S/C25H22AsNO/c1-28-25-19-17-24(18-20-25)27-26(21-11-5-2-6-12-21,22-13-7-3-8-14-22)23-15-9-4-10-16-23/h2-20H,1H3. The van der Waals surface area contributed by atoms with Gasteiger partial charge < -0.3 is 0 Å². The molecule has 4 aromatic rings. The summed E-state index contributed by atoms with van der Waals surface area (Å²) < 4.78 is 14.7. The zero-order chi connectivity index (χ0) is 19.2. The second-order valence-electron chi connectivity index (χ2n) is 6.44. The quantitative estimate of drug-likeness (QED) is 0.436. The molecule has 0 fully saturated rings. The monoisotopic (exact) mass is 427 g/mol. The SMILES string of the molecule is COc1ccc(N=[As](c2ccccc2)(c2ccccc2)c2ccccc2)cc1. The Kier molecular flexibility index (Phi) is 5.50. The van der Waals surface area contributed by atoms with E-state index in [4.69, 9.17) is 8.60 Å². The first-order valence-corrected chi connectivity index (χ1v) is 12.9. The van der Waals surface area contributed by atoms with Gasteiger partial charge in [0.15, 0.2) is 0 Å². The third kappa shape index (κ3) is 3.56. The van der Waals surface area contributed by atoms with Crippen molar-refractivity contribution in [2.45, 2.75) is 0 Å². The van der Waals surface area contributed by atoms with Crippen molar-refractivity contribution in [1.29, 1.82) is 0 Å². The predicted octanol–water partition coefficient (Wildman–Crippen LogP) is 4.26. The number of hydrogen-bond donors (Lipinski definition) is 0. The summed E-state index contributed by atoms with van der Waals surface area (Å²) in [5.74, 6) is 0.842. The molecular formula is C25H22AsNO. The molecule has 0 saturated heterocycles. The van der Waals surface area contributed by atoms with Gasteiger partial charge in [-0.1, -0.05) is 0 Å². The van der Waals surface area contributed by atoms with E-state index in [0.29, 0.717) is 0 Å². The van der Waals surface area contributed by atoms with Gasteiger partial charge in [0, 0.05) is 0 Å². The number of ether oxygens (including phenoxy) is 1. The summed E-state index contributed by atoms with van der Waals surface area (Å²) >= 11 is -3.08. The first-order valence-electron chi connectivity index (χ1n) is 9.26. The van der Waals surface area contributed by atoms with E-state index in [1.165, 1.54) is 13.1 Å². The van der Waals surface area contributed by atoms with Crippen LogP contribution < -0.4 is 17.8 Å². The Morgan fingerprint density at radius 2 is 0.929 bits per heavy atom. The van der Waals surface area contributed by atoms with Crippen LogP contribution in [0.5, 0.6) is 5.75 Å². The van der Waals surface area contributed by atoms with E-state index < -0.39 is 13.4 Å². The first kappa shape index (κ1) is 18.4. The molecule has 0 aliphatic heterocycles. The van der Waals surface area contributed by atoms with E-state index in [-0.39, 0.29) is 0 Å². The molecule has 0 aromatic heterocycles. The van der Waals surface area contributed by atoms with Gasteiger partial charge in [-0.25, -0.2) is 0 Å². The van der Waals surface area contributed by atoms with E-state index in [9.17, 15) is 0 Å². The summed E-state index contributed by atoms with van der Waals surface area (Å²) in [6.45, 7) is 0. The molecule has 138 valence electrons. The van der Waals surface area contributed by atoms with Crippen LogP contribution in [0.25, 0.3) is 0 Å². The fourth-order valence-electron chi connectivity index (χ4n) is 3.37. The number of nitrogens with zero attached hydrogens (tertiary/aromatic N) is 1. The van der Waals surface area contributed by atoms with Gasteiger partial charge in [0.2, 0.25) is 0 Å². The Bertz CT molecular complexity index is 972. The molecule has 0 heterocycles. The van der Waals surface area contributed by atoms with Crippen LogP contribution in [0.1, 0.15) is 0 Å². The molecule has 0 unspecified atom stereocenters. The normalized spacial score (nSPS) is 11.0. The topological polar surface area (TPSA) is 21.6 Å². The predicted molar refractivity (Wildman–Crippen MR) is 119 cm³/mol. The van der Waals surface area contributed by atoms with Crippen molar-refractivity contribution >= 4 is 32.1 Å². The average molecular weight is 427 g/mol. The fraction of sp³-hybridized carbons (Fsp3) is 0.0400. The van der Waals surface area contributed by atoms with Crippen molar-refractivity contribution in [1.82, 2.24) is 0 Å². The zero-order valence-corrected chi connectivity index (χ0v) is 17.6. The second kappa shape index (κ2) is 8.37. The van der Waals surface area contributed by atoms with Gasteiger partial charge in [-0.3, -0.25) is 0 Å². The van der Waals surface area contributed by atoms with Gasteiger partial charge in [-0.05, 0) is 0 Å². The molecule has 0 aliphatic carbocycles. The molecule has 0 N–H and O–H groups in total. The Morgan fingerprint density at radius 1 is 0.536 bits per heavy atom. The molecule has 0 aliphatic rings.